The second-order valence-corrected chi connectivity index (χ2v) is 8.79. The van der Waals surface area contributed by atoms with Crippen molar-refractivity contribution < 1.29 is 4.39 Å². The molecule has 0 saturated carbocycles. The summed E-state index contributed by atoms with van der Waals surface area (Å²) in [6.45, 7) is 9.75. The summed E-state index contributed by atoms with van der Waals surface area (Å²) in [7, 11) is 0. The first kappa shape index (κ1) is 20.8. The fraction of sp³-hybridized carbons (Fsp3) is 0.500. The smallest absolute Gasteiger partial charge is 0.170 e. The standard InChI is InChI=1S/C21H25FN4S.CH4/c1-12-10-17(20(22)13(2)23-12)16-6-5-9-26(11-16)14(3)18-7-8-19-21(25-18)24-15(4)27-19;/h7-8,10,14,16H,5-6,9,11H2,1-4H3;1H4/t14-,16?;/m1./s1. The Morgan fingerprint density at radius 2 is 1.96 bits per heavy atom. The number of rotatable bonds is 3. The average molecular weight is 401 g/mol. The van der Waals surface area contributed by atoms with Gasteiger partial charge < -0.3 is 0 Å². The van der Waals surface area contributed by atoms with Gasteiger partial charge in [-0.15, -0.1) is 11.3 Å². The van der Waals surface area contributed by atoms with Gasteiger partial charge in [0.15, 0.2) is 5.65 Å². The fourth-order valence-electron chi connectivity index (χ4n) is 4.11. The van der Waals surface area contributed by atoms with Gasteiger partial charge in [0.25, 0.3) is 0 Å². The zero-order chi connectivity index (χ0) is 19.1. The third-order valence-electron chi connectivity index (χ3n) is 5.53. The van der Waals surface area contributed by atoms with Gasteiger partial charge in [0, 0.05) is 18.3 Å². The fourth-order valence-corrected chi connectivity index (χ4v) is 4.88. The molecule has 4 heterocycles. The molecule has 0 N–H and O–H groups in total. The summed E-state index contributed by atoms with van der Waals surface area (Å²) in [4.78, 5) is 16.0. The van der Waals surface area contributed by atoms with E-state index in [0.29, 0.717) is 5.69 Å². The van der Waals surface area contributed by atoms with Crippen LogP contribution in [0.4, 0.5) is 4.39 Å². The highest BCUT2D eigenvalue weighted by Crippen LogP contribution is 2.34. The molecule has 0 aliphatic carbocycles. The summed E-state index contributed by atoms with van der Waals surface area (Å²) in [6, 6.07) is 6.33. The van der Waals surface area contributed by atoms with Crippen LogP contribution in [0.5, 0.6) is 0 Å². The number of halogens is 1. The van der Waals surface area contributed by atoms with Gasteiger partial charge in [-0.2, -0.15) is 0 Å². The van der Waals surface area contributed by atoms with E-state index in [9.17, 15) is 4.39 Å². The SMILES string of the molecule is C.Cc1cc(C2CCCN([C@H](C)c3ccc4sc(C)nc4n3)C2)c(F)c(C)n1. The lowest BCUT2D eigenvalue weighted by atomic mass is 9.89. The van der Waals surface area contributed by atoms with Crippen molar-refractivity contribution in [1.82, 2.24) is 19.9 Å². The molecule has 0 amide bonds. The van der Waals surface area contributed by atoms with Crippen LogP contribution in [0.1, 0.15) is 66.8 Å². The molecule has 0 spiro atoms. The Morgan fingerprint density at radius 3 is 2.75 bits per heavy atom. The van der Waals surface area contributed by atoms with Gasteiger partial charge in [-0.25, -0.2) is 14.4 Å². The van der Waals surface area contributed by atoms with Gasteiger partial charge >= 0.3 is 0 Å². The van der Waals surface area contributed by atoms with Crippen LogP contribution in [-0.4, -0.2) is 32.9 Å². The van der Waals surface area contributed by atoms with Crippen molar-refractivity contribution in [2.75, 3.05) is 13.1 Å². The molecule has 1 fully saturated rings. The number of nitrogens with zero attached hydrogens (tertiary/aromatic N) is 4. The zero-order valence-electron chi connectivity index (χ0n) is 16.3. The van der Waals surface area contributed by atoms with E-state index >= 15 is 0 Å². The lowest BCUT2D eigenvalue weighted by molar-refractivity contribution is 0.154. The Morgan fingerprint density at radius 1 is 1.18 bits per heavy atom. The van der Waals surface area contributed by atoms with E-state index in [1.165, 1.54) is 0 Å². The van der Waals surface area contributed by atoms with Gasteiger partial charge in [0.2, 0.25) is 0 Å². The monoisotopic (exact) mass is 400 g/mol. The maximum atomic E-state index is 14.7. The Bertz CT molecular complexity index is 984. The lowest BCUT2D eigenvalue weighted by Gasteiger charge is -2.37. The number of aromatic nitrogens is 3. The van der Waals surface area contributed by atoms with Crippen molar-refractivity contribution in [1.29, 1.82) is 0 Å². The van der Waals surface area contributed by atoms with Gasteiger partial charge in [0.05, 0.1) is 21.1 Å². The third kappa shape index (κ3) is 3.94. The summed E-state index contributed by atoms with van der Waals surface area (Å²) < 4.78 is 15.8. The number of piperidine rings is 1. The van der Waals surface area contributed by atoms with Crippen LogP contribution in [-0.2, 0) is 0 Å². The first-order valence-corrected chi connectivity index (χ1v) is 10.4. The van der Waals surface area contributed by atoms with E-state index in [-0.39, 0.29) is 25.2 Å². The molecule has 0 bridgehead atoms. The molecule has 3 aromatic heterocycles. The number of thiazole rings is 1. The number of fused-ring (bicyclic) bond motifs is 1. The highest BCUT2D eigenvalue weighted by molar-refractivity contribution is 7.18. The first-order valence-electron chi connectivity index (χ1n) is 9.54. The number of hydrogen-bond donors (Lipinski definition) is 0. The average Bonchev–Trinajstić information content (AvgIpc) is 3.03. The lowest BCUT2D eigenvalue weighted by Crippen LogP contribution is -2.37. The summed E-state index contributed by atoms with van der Waals surface area (Å²) >= 11 is 1.68. The molecule has 1 aliphatic rings. The van der Waals surface area contributed by atoms with Crippen LogP contribution in [0.2, 0.25) is 0 Å². The van der Waals surface area contributed by atoms with E-state index in [4.69, 9.17) is 4.98 Å². The molecule has 2 atom stereocenters. The molecule has 4 nitrogen and oxygen atoms in total. The molecule has 6 heteroatoms. The molecule has 4 rings (SSSR count). The van der Waals surface area contributed by atoms with Crippen LogP contribution < -0.4 is 0 Å². The quantitative estimate of drug-likeness (QED) is 0.563. The Kier molecular flexibility index (Phi) is 6.10. The van der Waals surface area contributed by atoms with Crippen molar-refractivity contribution in [2.45, 2.75) is 59.9 Å². The van der Waals surface area contributed by atoms with Crippen molar-refractivity contribution in [3.8, 4) is 0 Å². The van der Waals surface area contributed by atoms with E-state index in [1.54, 1.807) is 18.3 Å². The minimum absolute atomic E-state index is 0. The molecule has 1 unspecified atom stereocenters. The van der Waals surface area contributed by atoms with Crippen molar-refractivity contribution in [3.05, 3.63) is 51.7 Å². The van der Waals surface area contributed by atoms with Gasteiger partial charge in [-0.3, -0.25) is 9.88 Å². The Balaban J connectivity index is 0.00000225. The molecule has 3 aromatic rings. The molecule has 0 radical (unpaired) electrons. The maximum absolute atomic E-state index is 14.7. The molecule has 28 heavy (non-hydrogen) atoms. The van der Waals surface area contributed by atoms with Crippen LogP contribution in [0.15, 0.2) is 18.2 Å². The number of likely N-dealkylation sites (tertiary alicyclic amines) is 1. The second kappa shape index (κ2) is 8.21. The molecule has 1 saturated heterocycles. The van der Waals surface area contributed by atoms with Gasteiger partial charge in [-0.1, -0.05) is 7.43 Å². The van der Waals surface area contributed by atoms with Crippen molar-refractivity contribution in [2.24, 2.45) is 0 Å². The summed E-state index contributed by atoms with van der Waals surface area (Å²) in [5, 5.41) is 1.04. The summed E-state index contributed by atoms with van der Waals surface area (Å²) in [6.07, 6.45) is 2.08. The predicted octanol–water partition coefficient (Wildman–Crippen LogP) is 5.73. The van der Waals surface area contributed by atoms with Gasteiger partial charge in [-0.05, 0) is 76.8 Å². The molecule has 150 valence electrons. The Labute approximate surface area is 170 Å². The first-order chi connectivity index (χ1) is 12.9. The third-order valence-corrected chi connectivity index (χ3v) is 6.46. The van der Waals surface area contributed by atoms with Crippen molar-refractivity contribution >= 4 is 21.7 Å². The van der Waals surface area contributed by atoms with E-state index in [2.05, 4.69) is 33.9 Å². The number of aryl methyl sites for hydroxylation is 3. The topological polar surface area (TPSA) is 41.9 Å². The van der Waals surface area contributed by atoms with Crippen LogP contribution in [0.25, 0.3) is 10.3 Å². The highest BCUT2D eigenvalue weighted by atomic mass is 32.1. The largest absolute Gasteiger partial charge is 0.294 e. The highest BCUT2D eigenvalue weighted by Gasteiger charge is 2.28. The van der Waals surface area contributed by atoms with Crippen LogP contribution in [0, 0.1) is 26.6 Å². The van der Waals surface area contributed by atoms with Gasteiger partial charge in [0.1, 0.15) is 5.82 Å². The summed E-state index contributed by atoms with van der Waals surface area (Å²) in [5.74, 6) is 0.0597. The van der Waals surface area contributed by atoms with E-state index in [1.807, 2.05) is 19.9 Å². The predicted molar refractivity (Wildman–Crippen MR) is 115 cm³/mol. The number of pyridine rings is 2. The molecular weight excluding hydrogens is 371 g/mol. The Hall–Kier alpha value is -1.92. The molecular formula is C22H29FN4S. The molecule has 1 aliphatic heterocycles. The number of hydrogen-bond acceptors (Lipinski definition) is 5. The van der Waals surface area contributed by atoms with E-state index in [0.717, 1.165) is 58.2 Å². The van der Waals surface area contributed by atoms with E-state index < -0.39 is 0 Å². The van der Waals surface area contributed by atoms with Crippen LogP contribution in [0.3, 0.4) is 0 Å². The molecule has 0 aromatic carbocycles. The zero-order valence-corrected chi connectivity index (χ0v) is 17.1. The van der Waals surface area contributed by atoms with Crippen LogP contribution >= 0.6 is 11.3 Å². The summed E-state index contributed by atoms with van der Waals surface area (Å²) in [5.41, 5.74) is 4.08. The maximum Gasteiger partial charge on any atom is 0.170 e. The minimum atomic E-state index is -0.141. The minimum Gasteiger partial charge on any atom is -0.294 e. The second-order valence-electron chi connectivity index (χ2n) is 7.55. The normalized spacial score (nSPS) is 18.8. The van der Waals surface area contributed by atoms with Crippen molar-refractivity contribution in [3.63, 3.8) is 0 Å².